The number of esters is 1. The lowest BCUT2D eigenvalue weighted by Gasteiger charge is -2.12. The van der Waals surface area contributed by atoms with Gasteiger partial charge in [-0.1, -0.05) is 11.8 Å². The number of nitrogens with zero attached hydrogens (tertiary/aromatic N) is 3. The second kappa shape index (κ2) is 9.11. The lowest BCUT2D eigenvalue weighted by Crippen LogP contribution is -2.24. The van der Waals surface area contributed by atoms with Gasteiger partial charge >= 0.3 is 5.97 Å². The topological polar surface area (TPSA) is 100 Å². The highest BCUT2D eigenvalue weighted by molar-refractivity contribution is 8.45. The normalized spacial score (nSPS) is 18.9. The van der Waals surface area contributed by atoms with Crippen molar-refractivity contribution in [3.63, 3.8) is 0 Å². The van der Waals surface area contributed by atoms with Crippen molar-refractivity contribution < 1.29 is 19.1 Å². The van der Waals surface area contributed by atoms with Gasteiger partial charge in [0.15, 0.2) is 9.54 Å². The summed E-state index contributed by atoms with van der Waals surface area (Å²) < 4.78 is 5.90. The van der Waals surface area contributed by atoms with Crippen molar-refractivity contribution in [2.24, 2.45) is 10.1 Å². The number of anilines is 1. The predicted octanol–water partition coefficient (Wildman–Crippen LogP) is 3.47. The first-order chi connectivity index (χ1) is 14.5. The largest absolute Gasteiger partial charge is 0.462 e. The minimum absolute atomic E-state index is 0.135. The third-order valence-corrected chi connectivity index (χ3v) is 8.20. The molecule has 0 fully saturated rings. The van der Waals surface area contributed by atoms with Gasteiger partial charge < -0.3 is 10.1 Å². The number of amides is 2. The van der Waals surface area contributed by atoms with Gasteiger partial charge in [-0.2, -0.15) is 10.1 Å². The van der Waals surface area contributed by atoms with Crippen LogP contribution in [0.1, 0.15) is 53.9 Å². The van der Waals surface area contributed by atoms with Gasteiger partial charge in [-0.05, 0) is 56.9 Å². The number of aryl methyl sites for hydroxylation is 1. The van der Waals surface area contributed by atoms with E-state index in [1.165, 1.54) is 34.9 Å². The van der Waals surface area contributed by atoms with Crippen LogP contribution in [0.2, 0.25) is 0 Å². The lowest BCUT2D eigenvalue weighted by atomic mass is 10.1. The number of thiophene rings is 1. The van der Waals surface area contributed by atoms with Crippen molar-refractivity contribution in [1.82, 2.24) is 5.01 Å². The van der Waals surface area contributed by atoms with Crippen LogP contribution in [0.3, 0.4) is 0 Å². The van der Waals surface area contributed by atoms with Gasteiger partial charge in [-0.15, -0.1) is 11.3 Å². The minimum Gasteiger partial charge on any atom is -0.462 e. The standard InChI is InChI=1S/C19H22N4O4S3/c1-3-27-17(26)14-11-6-4-7-12(11)29-16(14)21-15(25)10(2)28-19-22-23-9-5-8-13(24)20-18(23)30-19/h10H,3-9H2,1-2H3,(H,21,25)/t10-/m1/s1. The van der Waals surface area contributed by atoms with E-state index in [0.717, 1.165) is 29.7 Å². The molecule has 30 heavy (non-hydrogen) atoms. The summed E-state index contributed by atoms with van der Waals surface area (Å²) in [4.78, 5) is 42.2. The number of amidine groups is 1. The predicted molar refractivity (Wildman–Crippen MR) is 121 cm³/mol. The Hall–Kier alpha value is -1.85. The number of rotatable bonds is 5. The van der Waals surface area contributed by atoms with E-state index in [9.17, 15) is 14.4 Å². The molecule has 1 aliphatic carbocycles. The molecule has 1 aromatic rings. The highest BCUT2D eigenvalue weighted by Crippen LogP contribution is 2.40. The molecule has 0 saturated heterocycles. The zero-order valence-electron chi connectivity index (χ0n) is 16.7. The van der Waals surface area contributed by atoms with Crippen molar-refractivity contribution in [3.05, 3.63) is 16.0 Å². The number of hydrogen-bond acceptors (Lipinski definition) is 9. The van der Waals surface area contributed by atoms with Gasteiger partial charge in [0.05, 0.1) is 17.4 Å². The van der Waals surface area contributed by atoms with Crippen molar-refractivity contribution in [2.45, 2.75) is 51.2 Å². The number of thioether (sulfide) groups is 2. The second-order valence-electron chi connectivity index (χ2n) is 7.01. The van der Waals surface area contributed by atoms with Crippen LogP contribution < -0.4 is 5.32 Å². The molecule has 160 valence electrons. The summed E-state index contributed by atoms with van der Waals surface area (Å²) in [6.07, 6.45) is 3.93. The summed E-state index contributed by atoms with van der Waals surface area (Å²) in [6, 6.07) is 0. The monoisotopic (exact) mass is 466 g/mol. The maximum absolute atomic E-state index is 12.8. The summed E-state index contributed by atoms with van der Waals surface area (Å²) in [7, 11) is 0. The fourth-order valence-electron chi connectivity index (χ4n) is 3.44. The molecule has 0 bridgehead atoms. The molecular weight excluding hydrogens is 444 g/mol. The van der Waals surface area contributed by atoms with Crippen molar-refractivity contribution >= 4 is 67.2 Å². The Kier molecular flexibility index (Phi) is 6.49. The molecule has 2 amide bonds. The van der Waals surface area contributed by atoms with Crippen LogP contribution in [0.25, 0.3) is 0 Å². The third kappa shape index (κ3) is 4.42. The molecule has 8 nitrogen and oxygen atoms in total. The number of aliphatic imine (C=N–C) groups is 1. The Morgan fingerprint density at radius 3 is 2.93 bits per heavy atom. The molecule has 2 aliphatic heterocycles. The molecule has 0 saturated carbocycles. The average molecular weight is 467 g/mol. The molecule has 1 atom stereocenters. The summed E-state index contributed by atoms with van der Waals surface area (Å²) in [5.41, 5.74) is 1.52. The molecule has 1 N–H and O–H groups in total. The van der Waals surface area contributed by atoms with E-state index in [1.54, 1.807) is 18.9 Å². The zero-order valence-corrected chi connectivity index (χ0v) is 19.2. The lowest BCUT2D eigenvalue weighted by molar-refractivity contribution is -0.118. The van der Waals surface area contributed by atoms with E-state index in [2.05, 4.69) is 15.4 Å². The molecule has 3 aliphatic rings. The summed E-state index contributed by atoms with van der Waals surface area (Å²) in [6.45, 7) is 4.51. The first kappa shape index (κ1) is 21.4. The smallest absolute Gasteiger partial charge is 0.341 e. The maximum atomic E-state index is 12.8. The summed E-state index contributed by atoms with van der Waals surface area (Å²) >= 11 is 4.10. The van der Waals surface area contributed by atoms with Crippen LogP contribution in [0.15, 0.2) is 10.1 Å². The van der Waals surface area contributed by atoms with Gasteiger partial charge in [0.25, 0.3) is 0 Å². The zero-order chi connectivity index (χ0) is 21.3. The molecular formula is C19H22N4O4S3. The van der Waals surface area contributed by atoms with E-state index in [1.807, 2.05) is 0 Å². The van der Waals surface area contributed by atoms with Crippen LogP contribution in [0.4, 0.5) is 5.00 Å². The third-order valence-electron chi connectivity index (χ3n) is 4.87. The number of ether oxygens (including phenoxy) is 1. The SMILES string of the molecule is CCOC(=O)c1c(NC(=O)[C@@H](C)SC2=NN3CCCC(=O)N=C3S2)sc2c1CCC2. The number of hydrogen-bond donors (Lipinski definition) is 1. The molecule has 11 heteroatoms. The first-order valence-electron chi connectivity index (χ1n) is 9.91. The quantitative estimate of drug-likeness (QED) is 0.663. The Labute approximate surface area is 186 Å². The highest BCUT2D eigenvalue weighted by atomic mass is 32.2. The van der Waals surface area contributed by atoms with Crippen LogP contribution in [0, 0.1) is 0 Å². The van der Waals surface area contributed by atoms with Crippen LogP contribution in [-0.2, 0) is 27.2 Å². The van der Waals surface area contributed by atoms with E-state index < -0.39 is 5.25 Å². The Morgan fingerprint density at radius 1 is 1.30 bits per heavy atom. The molecule has 1 aromatic heterocycles. The fraction of sp³-hybridized carbons (Fsp3) is 0.526. The molecule has 4 rings (SSSR count). The minimum atomic E-state index is -0.428. The van der Waals surface area contributed by atoms with Crippen molar-refractivity contribution in [2.75, 3.05) is 18.5 Å². The van der Waals surface area contributed by atoms with E-state index >= 15 is 0 Å². The molecule has 0 spiro atoms. The van der Waals surface area contributed by atoms with E-state index in [4.69, 9.17) is 4.74 Å². The Morgan fingerprint density at radius 2 is 2.13 bits per heavy atom. The second-order valence-corrected chi connectivity index (χ2v) is 10.7. The number of fused-ring (bicyclic) bond motifs is 2. The molecule has 0 aromatic carbocycles. The van der Waals surface area contributed by atoms with Crippen molar-refractivity contribution in [1.29, 1.82) is 0 Å². The van der Waals surface area contributed by atoms with Gasteiger partial charge in [0.1, 0.15) is 5.00 Å². The van der Waals surface area contributed by atoms with Gasteiger partial charge in [-0.3, -0.25) is 9.59 Å². The van der Waals surface area contributed by atoms with E-state index in [0.29, 0.717) is 46.1 Å². The number of hydrazone groups is 1. The summed E-state index contributed by atoms with van der Waals surface area (Å²) in [5, 5.41) is 9.86. The first-order valence-corrected chi connectivity index (χ1v) is 12.4. The number of carbonyl (C=O) groups is 3. The fourth-order valence-corrected chi connectivity index (χ4v) is 6.86. The van der Waals surface area contributed by atoms with Gasteiger partial charge in [-0.25, -0.2) is 9.80 Å². The van der Waals surface area contributed by atoms with Crippen LogP contribution in [0.5, 0.6) is 0 Å². The van der Waals surface area contributed by atoms with Crippen LogP contribution in [-0.4, -0.2) is 50.7 Å². The highest BCUT2D eigenvalue weighted by Gasteiger charge is 2.31. The number of carbonyl (C=O) groups excluding carboxylic acids is 3. The van der Waals surface area contributed by atoms with E-state index in [-0.39, 0.29) is 17.8 Å². The van der Waals surface area contributed by atoms with Crippen LogP contribution >= 0.6 is 34.9 Å². The molecule has 0 radical (unpaired) electrons. The number of nitrogens with one attached hydrogen (secondary N) is 1. The Bertz CT molecular complexity index is 956. The molecule has 3 heterocycles. The average Bonchev–Trinajstić information content (AvgIpc) is 3.34. The van der Waals surface area contributed by atoms with Crippen molar-refractivity contribution in [3.8, 4) is 0 Å². The molecule has 0 unspecified atom stereocenters. The summed E-state index contributed by atoms with van der Waals surface area (Å²) in [5.74, 6) is -0.711. The van der Waals surface area contributed by atoms with Gasteiger partial charge in [0, 0.05) is 17.8 Å². The Balaban J connectivity index is 1.44. The van der Waals surface area contributed by atoms with Gasteiger partial charge in [0.2, 0.25) is 11.8 Å². The maximum Gasteiger partial charge on any atom is 0.341 e.